The molecule has 8 N–H and O–H groups in total. The largest absolute Gasteiger partial charge is 0.480 e. The molecule has 168 valence electrons. The summed E-state index contributed by atoms with van der Waals surface area (Å²) in [5.74, 6) is -3.99. The third kappa shape index (κ3) is 9.20. The SMILES string of the molecule is CC(C)CC(NC(=O)C(NC(=O)C(NC(=O)C(N)CO)C(C)C)C(C)O)C(=O)O. The van der Waals surface area contributed by atoms with Gasteiger partial charge in [0.2, 0.25) is 17.7 Å². The smallest absolute Gasteiger partial charge is 0.326 e. The second-order valence-electron chi connectivity index (χ2n) is 7.78. The highest BCUT2D eigenvalue weighted by atomic mass is 16.4. The van der Waals surface area contributed by atoms with E-state index in [1.165, 1.54) is 6.92 Å². The van der Waals surface area contributed by atoms with E-state index in [2.05, 4.69) is 16.0 Å². The molecule has 0 radical (unpaired) electrons. The van der Waals surface area contributed by atoms with Crippen molar-refractivity contribution in [2.24, 2.45) is 17.6 Å². The van der Waals surface area contributed by atoms with E-state index in [-0.39, 0.29) is 12.3 Å². The number of aliphatic hydroxyl groups excluding tert-OH is 2. The van der Waals surface area contributed by atoms with Gasteiger partial charge >= 0.3 is 5.97 Å². The molecule has 0 aromatic carbocycles. The Labute approximate surface area is 170 Å². The van der Waals surface area contributed by atoms with Gasteiger partial charge in [0, 0.05) is 0 Å². The molecule has 0 aliphatic carbocycles. The summed E-state index contributed by atoms with van der Waals surface area (Å²) in [6, 6.07) is -4.91. The van der Waals surface area contributed by atoms with E-state index in [1.807, 2.05) is 0 Å². The van der Waals surface area contributed by atoms with Crippen molar-refractivity contribution in [1.29, 1.82) is 0 Å². The minimum atomic E-state index is -1.43. The molecule has 0 aliphatic rings. The van der Waals surface area contributed by atoms with Crippen LogP contribution in [-0.2, 0) is 19.2 Å². The van der Waals surface area contributed by atoms with Crippen molar-refractivity contribution < 1.29 is 34.5 Å². The van der Waals surface area contributed by atoms with E-state index in [9.17, 15) is 29.4 Å². The van der Waals surface area contributed by atoms with Gasteiger partial charge in [0.1, 0.15) is 24.2 Å². The number of aliphatic hydroxyl groups is 2. The number of nitrogens with one attached hydrogen (secondary N) is 3. The molecule has 11 heteroatoms. The molecule has 11 nitrogen and oxygen atoms in total. The molecule has 29 heavy (non-hydrogen) atoms. The Morgan fingerprint density at radius 1 is 0.862 bits per heavy atom. The van der Waals surface area contributed by atoms with Gasteiger partial charge in [0.05, 0.1) is 12.7 Å². The fraction of sp³-hybridized carbons (Fsp3) is 0.778. The second kappa shape index (κ2) is 12.3. The van der Waals surface area contributed by atoms with Gasteiger partial charge in [0.25, 0.3) is 0 Å². The number of aliphatic carboxylic acids is 1. The zero-order valence-electron chi connectivity index (χ0n) is 17.5. The molecule has 0 aromatic rings. The predicted molar refractivity (Wildman–Crippen MR) is 104 cm³/mol. The summed E-state index contributed by atoms with van der Waals surface area (Å²) in [5, 5.41) is 35.2. The van der Waals surface area contributed by atoms with Crippen molar-refractivity contribution in [1.82, 2.24) is 16.0 Å². The molecule has 3 amide bonds. The van der Waals surface area contributed by atoms with E-state index in [4.69, 9.17) is 10.8 Å². The number of carbonyl (C=O) groups excluding carboxylic acids is 3. The monoisotopic (exact) mass is 418 g/mol. The van der Waals surface area contributed by atoms with Crippen LogP contribution in [0.1, 0.15) is 41.0 Å². The van der Waals surface area contributed by atoms with Gasteiger partial charge in [-0.3, -0.25) is 14.4 Å². The van der Waals surface area contributed by atoms with Crippen molar-refractivity contribution in [2.75, 3.05) is 6.61 Å². The van der Waals surface area contributed by atoms with Crippen LogP contribution >= 0.6 is 0 Å². The van der Waals surface area contributed by atoms with Crippen LogP contribution < -0.4 is 21.7 Å². The maximum atomic E-state index is 12.6. The molecule has 0 spiro atoms. The zero-order valence-corrected chi connectivity index (χ0v) is 17.5. The first kappa shape index (κ1) is 26.8. The summed E-state index contributed by atoms with van der Waals surface area (Å²) in [7, 11) is 0. The standard InChI is InChI=1S/C18H34N4O7/c1-8(2)6-12(18(28)29)20-17(27)14(10(5)24)22-16(26)13(9(3)4)21-15(25)11(19)7-23/h8-14,23-24H,6-7,19H2,1-5H3,(H,20,27)(H,21,25)(H,22,26)(H,28,29). The molecule has 0 aromatic heterocycles. The molecule has 0 saturated carbocycles. The lowest BCUT2D eigenvalue weighted by atomic mass is 10.0. The van der Waals surface area contributed by atoms with E-state index < -0.39 is 66.5 Å². The Bertz CT molecular complexity index is 581. The Kier molecular flexibility index (Phi) is 11.4. The topological polar surface area (TPSA) is 191 Å². The number of nitrogens with two attached hydrogens (primary N) is 1. The minimum absolute atomic E-state index is 0.00717. The van der Waals surface area contributed by atoms with Crippen LogP contribution in [0.25, 0.3) is 0 Å². The average molecular weight is 418 g/mol. The summed E-state index contributed by atoms with van der Waals surface area (Å²) in [4.78, 5) is 48.4. The molecule has 0 saturated heterocycles. The lowest BCUT2D eigenvalue weighted by Crippen LogP contribution is -2.61. The van der Waals surface area contributed by atoms with Crippen LogP contribution in [0, 0.1) is 11.8 Å². The predicted octanol–water partition coefficient (Wildman–Crippen LogP) is -2.07. The first-order valence-electron chi connectivity index (χ1n) is 9.50. The van der Waals surface area contributed by atoms with Crippen LogP contribution in [0.4, 0.5) is 0 Å². The molecule has 0 bridgehead atoms. The Morgan fingerprint density at radius 2 is 1.34 bits per heavy atom. The van der Waals surface area contributed by atoms with Crippen LogP contribution in [0.15, 0.2) is 0 Å². The summed E-state index contributed by atoms with van der Waals surface area (Å²) in [6.07, 6.45) is -1.15. The van der Waals surface area contributed by atoms with Crippen LogP contribution in [0.2, 0.25) is 0 Å². The van der Waals surface area contributed by atoms with Gasteiger partial charge in [-0.05, 0) is 25.2 Å². The number of carbonyl (C=O) groups is 4. The van der Waals surface area contributed by atoms with Crippen molar-refractivity contribution in [2.45, 2.75) is 71.3 Å². The normalized spacial score (nSPS) is 16.5. The molecule has 0 fully saturated rings. The van der Waals surface area contributed by atoms with Crippen LogP contribution in [0.5, 0.6) is 0 Å². The van der Waals surface area contributed by atoms with Gasteiger partial charge in [-0.1, -0.05) is 27.7 Å². The Balaban J connectivity index is 5.32. The molecule has 0 heterocycles. The van der Waals surface area contributed by atoms with E-state index in [0.717, 1.165) is 0 Å². The highest BCUT2D eigenvalue weighted by Gasteiger charge is 2.33. The number of hydrogen-bond donors (Lipinski definition) is 7. The Morgan fingerprint density at radius 3 is 1.72 bits per heavy atom. The number of rotatable bonds is 12. The molecule has 5 atom stereocenters. The third-order valence-corrected chi connectivity index (χ3v) is 4.16. The highest BCUT2D eigenvalue weighted by molar-refractivity contribution is 5.94. The minimum Gasteiger partial charge on any atom is -0.480 e. The number of hydrogen-bond acceptors (Lipinski definition) is 7. The fourth-order valence-corrected chi connectivity index (χ4v) is 2.48. The lowest BCUT2D eigenvalue weighted by molar-refractivity contribution is -0.143. The first-order chi connectivity index (χ1) is 13.3. The number of carboxylic acid groups (broad SMARTS) is 1. The average Bonchev–Trinajstić information content (AvgIpc) is 2.61. The van der Waals surface area contributed by atoms with Gasteiger partial charge in [-0.15, -0.1) is 0 Å². The summed E-state index contributed by atoms with van der Waals surface area (Å²) in [5.41, 5.74) is 5.43. The summed E-state index contributed by atoms with van der Waals surface area (Å²) in [6.45, 7) is 7.55. The van der Waals surface area contributed by atoms with E-state index in [1.54, 1.807) is 27.7 Å². The molecule has 5 unspecified atom stereocenters. The second-order valence-corrected chi connectivity index (χ2v) is 7.78. The third-order valence-electron chi connectivity index (χ3n) is 4.16. The molecule has 0 aliphatic heterocycles. The quantitative estimate of drug-likeness (QED) is 0.188. The maximum absolute atomic E-state index is 12.6. The van der Waals surface area contributed by atoms with Crippen LogP contribution in [0.3, 0.4) is 0 Å². The summed E-state index contributed by atoms with van der Waals surface area (Å²) < 4.78 is 0. The van der Waals surface area contributed by atoms with Crippen LogP contribution in [-0.4, -0.2) is 75.9 Å². The highest BCUT2D eigenvalue weighted by Crippen LogP contribution is 2.07. The van der Waals surface area contributed by atoms with E-state index in [0.29, 0.717) is 0 Å². The zero-order chi connectivity index (χ0) is 22.9. The first-order valence-corrected chi connectivity index (χ1v) is 9.50. The molecular formula is C18H34N4O7. The van der Waals surface area contributed by atoms with Crippen molar-refractivity contribution in [3.05, 3.63) is 0 Å². The van der Waals surface area contributed by atoms with Gasteiger partial charge < -0.3 is 37.0 Å². The molecular weight excluding hydrogens is 384 g/mol. The van der Waals surface area contributed by atoms with Crippen molar-refractivity contribution >= 4 is 23.7 Å². The van der Waals surface area contributed by atoms with E-state index >= 15 is 0 Å². The number of carboxylic acids is 1. The van der Waals surface area contributed by atoms with Gasteiger partial charge in [0.15, 0.2) is 0 Å². The summed E-state index contributed by atoms with van der Waals surface area (Å²) >= 11 is 0. The lowest BCUT2D eigenvalue weighted by Gasteiger charge is -2.28. The van der Waals surface area contributed by atoms with Gasteiger partial charge in [-0.2, -0.15) is 0 Å². The van der Waals surface area contributed by atoms with Crippen molar-refractivity contribution in [3.8, 4) is 0 Å². The van der Waals surface area contributed by atoms with Gasteiger partial charge in [-0.25, -0.2) is 4.79 Å². The maximum Gasteiger partial charge on any atom is 0.326 e. The number of amides is 3. The Hall–Kier alpha value is -2.24. The molecule has 0 rings (SSSR count). The van der Waals surface area contributed by atoms with Crippen molar-refractivity contribution in [3.63, 3.8) is 0 Å². The fourth-order valence-electron chi connectivity index (χ4n) is 2.48.